The molecule has 0 bridgehead atoms. The summed E-state index contributed by atoms with van der Waals surface area (Å²) in [5.74, 6) is 0.519. The van der Waals surface area contributed by atoms with Gasteiger partial charge >= 0.3 is 0 Å². The zero-order chi connectivity index (χ0) is 20.0. The van der Waals surface area contributed by atoms with E-state index < -0.39 is 0 Å². The molecule has 1 N–H and O–H groups in total. The fraction of sp³-hybridized carbons (Fsp3) is 0.333. The summed E-state index contributed by atoms with van der Waals surface area (Å²) in [6.07, 6.45) is 0.300. The molecular formula is C21H26N2O4. The van der Waals surface area contributed by atoms with Gasteiger partial charge in [-0.2, -0.15) is 0 Å². The highest BCUT2D eigenvalue weighted by Crippen LogP contribution is 2.34. The second-order valence-electron chi connectivity index (χ2n) is 6.52. The molecule has 0 aliphatic rings. The molecule has 0 aliphatic carbocycles. The summed E-state index contributed by atoms with van der Waals surface area (Å²) < 4.78 is 10.6. The van der Waals surface area contributed by atoms with Crippen molar-refractivity contribution in [2.45, 2.75) is 19.3 Å². The molecule has 2 amide bonds. The SMILES string of the molecule is COc1cc(NC(=O)CC(C)c2ccccc2)c(C(=O)N(C)C)cc1OC. The molecule has 2 aromatic carbocycles. The molecule has 2 aromatic rings. The highest BCUT2D eigenvalue weighted by Gasteiger charge is 2.20. The molecule has 0 fully saturated rings. The van der Waals surface area contributed by atoms with E-state index in [1.807, 2.05) is 37.3 Å². The van der Waals surface area contributed by atoms with Crippen molar-refractivity contribution < 1.29 is 19.1 Å². The van der Waals surface area contributed by atoms with E-state index in [4.69, 9.17) is 9.47 Å². The van der Waals surface area contributed by atoms with E-state index >= 15 is 0 Å². The summed E-state index contributed by atoms with van der Waals surface area (Å²) >= 11 is 0. The quantitative estimate of drug-likeness (QED) is 0.809. The number of carbonyl (C=O) groups excluding carboxylic acids is 2. The number of nitrogens with zero attached hydrogens (tertiary/aromatic N) is 1. The van der Waals surface area contributed by atoms with Crippen molar-refractivity contribution >= 4 is 17.5 Å². The largest absolute Gasteiger partial charge is 0.493 e. The Balaban J connectivity index is 2.27. The average Bonchev–Trinajstić information content (AvgIpc) is 2.67. The van der Waals surface area contributed by atoms with Gasteiger partial charge in [0.1, 0.15) is 0 Å². The standard InChI is InChI=1S/C21H26N2O4/c1-14(15-9-7-6-8-10-15)11-20(24)22-17-13-19(27-5)18(26-4)12-16(17)21(25)23(2)3/h6-10,12-14H,11H2,1-5H3,(H,22,24). The lowest BCUT2D eigenvalue weighted by Crippen LogP contribution is -2.24. The van der Waals surface area contributed by atoms with E-state index in [-0.39, 0.29) is 17.7 Å². The number of ether oxygens (including phenoxy) is 2. The predicted molar refractivity (Wildman–Crippen MR) is 106 cm³/mol. The summed E-state index contributed by atoms with van der Waals surface area (Å²) in [4.78, 5) is 26.6. The van der Waals surface area contributed by atoms with E-state index in [0.29, 0.717) is 29.2 Å². The zero-order valence-electron chi connectivity index (χ0n) is 16.4. The zero-order valence-corrected chi connectivity index (χ0v) is 16.4. The van der Waals surface area contributed by atoms with Crippen LogP contribution in [0.15, 0.2) is 42.5 Å². The minimum atomic E-state index is -0.234. The van der Waals surface area contributed by atoms with Gasteiger partial charge in [-0.1, -0.05) is 37.3 Å². The van der Waals surface area contributed by atoms with Gasteiger partial charge in [0.15, 0.2) is 11.5 Å². The molecule has 1 unspecified atom stereocenters. The van der Waals surface area contributed by atoms with Gasteiger partial charge in [0, 0.05) is 26.6 Å². The van der Waals surface area contributed by atoms with E-state index in [1.165, 1.54) is 19.1 Å². The third-order valence-corrected chi connectivity index (χ3v) is 4.29. The number of hydrogen-bond acceptors (Lipinski definition) is 4. The van der Waals surface area contributed by atoms with Gasteiger partial charge < -0.3 is 19.7 Å². The highest BCUT2D eigenvalue weighted by atomic mass is 16.5. The first-order chi connectivity index (χ1) is 12.9. The van der Waals surface area contributed by atoms with Gasteiger partial charge in [-0.05, 0) is 17.5 Å². The Morgan fingerprint density at radius 3 is 2.19 bits per heavy atom. The lowest BCUT2D eigenvalue weighted by atomic mass is 9.97. The second kappa shape index (κ2) is 9.07. The van der Waals surface area contributed by atoms with Gasteiger partial charge in [-0.25, -0.2) is 0 Å². The van der Waals surface area contributed by atoms with Crippen molar-refractivity contribution in [2.75, 3.05) is 33.6 Å². The Morgan fingerprint density at radius 2 is 1.63 bits per heavy atom. The number of rotatable bonds is 7. The number of hydrogen-bond donors (Lipinski definition) is 1. The summed E-state index contributed by atoms with van der Waals surface area (Å²) in [6.45, 7) is 2.00. The minimum Gasteiger partial charge on any atom is -0.493 e. The fourth-order valence-corrected chi connectivity index (χ4v) is 2.78. The Kier molecular flexibility index (Phi) is 6.82. The van der Waals surface area contributed by atoms with Crippen LogP contribution in [0.1, 0.15) is 35.2 Å². The fourth-order valence-electron chi connectivity index (χ4n) is 2.78. The highest BCUT2D eigenvalue weighted by molar-refractivity contribution is 6.04. The van der Waals surface area contributed by atoms with Crippen LogP contribution in [0.4, 0.5) is 5.69 Å². The van der Waals surface area contributed by atoms with Crippen molar-refractivity contribution in [1.29, 1.82) is 0 Å². The van der Waals surface area contributed by atoms with Crippen LogP contribution < -0.4 is 14.8 Å². The molecule has 0 spiro atoms. The van der Waals surface area contributed by atoms with Crippen LogP contribution in [0.3, 0.4) is 0 Å². The molecule has 0 saturated heterocycles. The molecule has 0 heterocycles. The summed E-state index contributed by atoms with van der Waals surface area (Å²) in [6, 6.07) is 13.0. The van der Waals surface area contributed by atoms with Crippen LogP contribution in [0, 0.1) is 0 Å². The Labute approximate surface area is 160 Å². The molecule has 0 aromatic heterocycles. The molecule has 0 radical (unpaired) electrons. The average molecular weight is 370 g/mol. The molecule has 6 heteroatoms. The van der Waals surface area contributed by atoms with Gasteiger partial charge in [-0.15, -0.1) is 0 Å². The minimum absolute atomic E-state index is 0.0549. The molecule has 2 rings (SSSR count). The normalized spacial score (nSPS) is 11.4. The number of nitrogens with one attached hydrogen (secondary N) is 1. The van der Waals surface area contributed by atoms with Crippen LogP contribution in [0.25, 0.3) is 0 Å². The monoisotopic (exact) mass is 370 g/mol. The Bertz CT molecular complexity index is 803. The van der Waals surface area contributed by atoms with E-state index in [9.17, 15) is 9.59 Å². The first-order valence-corrected chi connectivity index (χ1v) is 8.69. The molecule has 1 atom stereocenters. The van der Waals surface area contributed by atoms with Crippen LogP contribution in [0.2, 0.25) is 0 Å². The first-order valence-electron chi connectivity index (χ1n) is 8.69. The number of methoxy groups -OCH3 is 2. The lowest BCUT2D eigenvalue weighted by molar-refractivity contribution is -0.116. The topological polar surface area (TPSA) is 67.9 Å². The van der Waals surface area contributed by atoms with Gasteiger partial charge in [0.2, 0.25) is 5.91 Å². The van der Waals surface area contributed by atoms with Crippen molar-refractivity contribution in [1.82, 2.24) is 4.90 Å². The van der Waals surface area contributed by atoms with Crippen LogP contribution in [0.5, 0.6) is 11.5 Å². The van der Waals surface area contributed by atoms with E-state index in [0.717, 1.165) is 5.56 Å². The smallest absolute Gasteiger partial charge is 0.255 e. The molecule has 27 heavy (non-hydrogen) atoms. The predicted octanol–water partition coefficient (Wildman–Crippen LogP) is 3.54. The molecule has 144 valence electrons. The van der Waals surface area contributed by atoms with Crippen LogP contribution in [-0.4, -0.2) is 45.0 Å². The van der Waals surface area contributed by atoms with Gasteiger partial charge in [0.05, 0.1) is 25.5 Å². The number of anilines is 1. The maximum atomic E-state index is 12.6. The van der Waals surface area contributed by atoms with Gasteiger partial charge in [0.25, 0.3) is 5.91 Å². The van der Waals surface area contributed by atoms with E-state index in [1.54, 1.807) is 26.2 Å². The van der Waals surface area contributed by atoms with Crippen LogP contribution in [-0.2, 0) is 4.79 Å². The summed E-state index contributed by atoms with van der Waals surface area (Å²) in [5, 5.41) is 2.85. The van der Waals surface area contributed by atoms with Crippen molar-refractivity contribution in [3.63, 3.8) is 0 Å². The van der Waals surface area contributed by atoms with Crippen molar-refractivity contribution in [2.24, 2.45) is 0 Å². The van der Waals surface area contributed by atoms with Crippen LogP contribution >= 0.6 is 0 Å². The first kappa shape index (κ1) is 20.3. The maximum Gasteiger partial charge on any atom is 0.255 e. The Morgan fingerprint density at radius 1 is 1.04 bits per heavy atom. The molecule has 0 saturated carbocycles. The van der Waals surface area contributed by atoms with Gasteiger partial charge in [-0.3, -0.25) is 9.59 Å². The number of benzene rings is 2. The molecule has 6 nitrogen and oxygen atoms in total. The summed E-state index contributed by atoms with van der Waals surface area (Å²) in [5.41, 5.74) is 1.83. The van der Waals surface area contributed by atoms with E-state index in [2.05, 4.69) is 5.32 Å². The Hall–Kier alpha value is -3.02. The second-order valence-corrected chi connectivity index (χ2v) is 6.52. The molecule has 0 aliphatic heterocycles. The van der Waals surface area contributed by atoms with Crippen molar-refractivity contribution in [3.05, 3.63) is 53.6 Å². The lowest BCUT2D eigenvalue weighted by Gasteiger charge is -2.18. The van der Waals surface area contributed by atoms with Crippen molar-refractivity contribution in [3.8, 4) is 11.5 Å². The number of carbonyl (C=O) groups is 2. The maximum absolute atomic E-state index is 12.6. The summed E-state index contributed by atoms with van der Waals surface area (Å²) in [7, 11) is 6.32. The number of amides is 2. The third-order valence-electron chi connectivity index (χ3n) is 4.29. The third kappa shape index (κ3) is 5.00. The molecular weight excluding hydrogens is 344 g/mol.